The molecule has 3 aromatic rings. The molecule has 0 radical (unpaired) electrons. The average molecular weight is 362 g/mol. The Morgan fingerprint density at radius 2 is 1.85 bits per heavy atom. The Labute approximate surface area is 160 Å². The van der Waals surface area contributed by atoms with E-state index in [0.29, 0.717) is 12.1 Å². The first-order valence-corrected chi connectivity index (χ1v) is 10.4. The number of aryl methyl sites for hydroxylation is 1. The second-order valence-corrected chi connectivity index (χ2v) is 8.19. The molecule has 27 heavy (non-hydrogen) atoms. The molecule has 5 rings (SSSR count). The summed E-state index contributed by atoms with van der Waals surface area (Å²) < 4.78 is 13.0. The van der Waals surface area contributed by atoms with Crippen LogP contribution in [0.15, 0.2) is 48.5 Å². The Bertz CT molecular complexity index is 927. The first-order chi connectivity index (χ1) is 13.3. The topological polar surface area (TPSA) is 19.0 Å². The summed E-state index contributed by atoms with van der Waals surface area (Å²) in [7, 11) is 0. The molecule has 1 aromatic heterocycles. The fraction of sp³-hybridized carbons (Fsp3) is 0.417. The molecule has 3 heterocycles. The second-order valence-electron chi connectivity index (χ2n) is 8.19. The zero-order chi connectivity index (χ0) is 18.2. The standard InChI is InChI=1S/C24H27FN2/c25-18-13-11-17(12-14-18)6-3-4-15-27-19-7-5-10-23(27)24-20-8-1-2-9-21(20)26-22(24)16-19/h1-2,8-9,11-14,19,23,26H,3-7,10,15-16H2. The number of aromatic amines is 1. The van der Waals surface area contributed by atoms with Crippen molar-refractivity contribution in [1.82, 2.24) is 9.88 Å². The molecule has 1 fully saturated rings. The highest BCUT2D eigenvalue weighted by molar-refractivity contribution is 5.85. The van der Waals surface area contributed by atoms with E-state index in [-0.39, 0.29) is 5.82 Å². The number of H-pyrrole nitrogens is 1. The van der Waals surface area contributed by atoms with Gasteiger partial charge in [0.15, 0.2) is 0 Å². The molecule has 0 spiro atoms. The highest BCUT2D eigenvalue weighted by Crippen LogP contribution is 2.44. The largest absolute Gasteiger partial charge is 0.358 e. The molecule has 2 atom stereocenters. The molecule has 1 saturated heterocycles. The van der Waals surface area contributed by atoms with Gasteiger partial charge in [0.05, 0.1) is 0 Å². The van der Waals surface area contributed by atoms with Crippen molar-refractivity contribution in [2.45, 2.75) is 57.0 Å². The summed E-state index contributed by atoms with van der Waals surface area (Å²) in [6, 6.07) is 17.0. The van der Waals surface area contributed by atoms with E-state index in [4.69, 9.17) is 0 Å². The van der Waals surface area contributed by atoms with E-state index in [2.05, 4.69) is 34.1 Å². The minimum absolute atomic E-state index is 0.144. The minimum atomic E-state index is -0.144. The van der Waals surface area contributed by atoms with Crippen LogP contribution in [0.2, 0.25) is 0 Å². The number of hydrogen-bond acceptors (Lipinski definition) is 1. The number of fused-ring (bicyclic) bond motifs is 6. The number of halogens is 1. The molecule has 2 aliphatic heterocycles. The van der Waals surface area contributed by atoms with Gasteiger partial charge >= 0.3 is 0 Å². The monoisotopic (exact) mass is 362 g/mol. The number of nitrogens with zero attached hydrogens (tertiary/aromatic N) is 1. The van der Waals surface area contributed by atoms with Crippen LogP contribution in [-0.4, -0.2) is 22.5 Å². The molecule has 2 unspecified atom stereocenters. The van der Waals surface area contributed by atoms with Crippen molar-refractivity contribution in [3.05, 3.63) is 71.2 Å². The maximum atomic E-state index is 13.0. The summed E-state index contributed by atoms with van der Waals surface area (Å²) in [6.45, 7) is 1.18. The van der Waals surface area contributed by atoms with Crippen LogP contribution >= 0.6 is 0 Å². The lowest BCUT2D eigenvalue weighted by atomic mass is 9.82. The summed E-state index contributed by atoms with van der Waals surface area (Å²) in [5, 5.41) is 1.43. The maximum absolute atomic E-state index is 13.0. The van der Waals surface area contributed by atoms with Crippen LogP contribution in [0, 0.1) is 5.82 Å². The van der Waals surface area contributed by atoms with Gasteiger partial charge in [-0.1, -0.05) is 30.3 Å². The number of rotatable bonds is 5. The van der Waals surface area contributed by atoms with Crippen molar-refractivity contribution in [2.75, 3.05) is 6.54 Å². The van der Waals surface area contributed by atoms with Gasteiger partial charge in [0.25, 0.3) is 0 Å². The molecule has 2 bridgehead atoms. The highest BCUT2D eigenvalue weighted by atomic mass is 19.1. The lowest BCUT2D eigenvalue weighted by Crippen LogP contribution is -2.46. The number of piperidine rings is 1. The number of hydrogen-bond donors (Lipinski definition) is 1. The van der Waals surface area contributed by atoms with Crippen molar-refractivity contribution in [3.8, 4) is 0 Å². The van der Waals surface area contributed by atoms with E-state index < -0.39 is 0 Å². The van der Waals surface area contributed by atoms with Crippen molar-refractivity contribution in [1.29, 1.82) is 0 Å². The molecule has 2 nitrogen and oxygen atoms in total. The van der Waals surface area contributed by atoms with Crippen LogP contribution in [-0.2, 0) is 12.8 Å². The highest BCUT2D eigenvalue weighted by Gasteiger charge is 2.38. The fourth-order valence-corrected chi connectivity index (χ4v) is 5.27. The van der Waals surface area contributed by atoms with Crippen LogP contribution < -0.4 is 0 Å². The van der Waals surface area contributed by atoms with Gasteiger partial charge in [-0.3, -0.25) is 4.90 Å². The predicted molar refractivity (Wildman–Crippen MR) is 108 cm³/mol. The Morgan fingerprint density at radius 1 is 1.00 bits per heavy atom. The smallest absolute Gasteiger partial charge is 0.123 e. The van der Waals surface area contributed by atoms with Crippen LogP contribution in [0.5, 0.6) is 0 Å². The van der Waals surface area contributed by atoms with Gasteiger partial charge in [-0.15, -0.1) is 0 Å². The molecule has 0 saturated carbocycles. The molecule has 0 aliphatic carbocycles. The zero-order valence-corrected chi connectivity index (χ0v) is 15.8. The molecule has 140 valence electrons. The van der Waals surface area contributed by atoms with Gasteiger partial charge in [-0.05, 0) is 74.4 Å². The first kappa shape index (κ1) is 17.0. The molecule has 1 N–H and O–H groups in total. The molecular formula is C24H27FN2. The summed E-state index contributed by atoms with van der Waals surface area (Å²) in [5.74, 6) is -0.144. The predicted octanol–water partition coefficient (Wildman–Crippen LogP) is 5.78. The Balaban J connectivity index is 1.29. The summed E-state index contributed by atoms with van der Waals surface area (Å²) in [5.41, 5.74) is 5.59. The maximum Gasteiger partial charge on any atom is 0.123 e. The molecule has 0 amide bonds. The van der Waals surface area contributed by atoms with Gasteiger partial charge < -0.3 is 4.98 Å². The number of para-hydroxylation sites is 1. The third-order valence-corrected chi connectivity index (χ3v) is 6.53. The zero-order valence-electron chi connectivity index (χ0n) is 15.8. The Morgan fingerprint density at radius 3 is 2.74 bits per heavy atom. The number of benzene rings is 2. The van der Waals surface area contributed by atoms with Crippen molar-refractivity contribution < 1.29 is 4.39 Å². The summed E-state index contributed by atoms with van der Waals surface area (Å²) in [6.07, 6.45) is 8.54. The van der Waals surface area contributed by atoms with Gasteiger partial charge in [0.1, 0.15) is 5.82 Å². The average Bonchev–Trinajstić information content (AvgIpc) is 3.04. The molecule has 2 aromatic carbocycles. The van der Waals surface area contributed by atoms with Gasteiger partial charge in [-0.25, -0.2) is 4.39 Å². The van der Waals surface area contributed by atoms with Gasteiger partial charge in [-0.2, -0.15) is 0 Å². The minimum Gasteiger partial charge on any atom is -0.358 e. The third-order valence-electron chi connectivity index (χ3n) is 6.53. The SMILES string of the molecule is Fc1ccc(CCCCN2C3CCCC2c2c([nH]c4ccccc24)C3)cc1. The molecular weight excluding hydrogens is 335 g/mol. The fourth-order valence-electron chi connectivity index (χ4n) is 5.27. The lowest BCUT2D eigenvalue weighted by Gasteiger charge is -2.46. The van der Waals surface area contributed by atoms with Crippen LogP contribution in [0.4, 0.5) is 4.39 Å². The second kappa shape index (κ2) is 7.12. The van der Waals surface area contributed by atoms with E-state index in [1.54, 1.807) is 17.7 Å². The lowest BCUT2D eigenvalue weighted by molar-refractivity contribution is 0.0676. The number of nitrogens with one attached hydrogen (secondary N) is 1. The third kappa shape index (κ3) is 3.19. The summed E-state index contributed by atoms with van der Waals surface area (Å²) in [4.78, 5) is 6.49. The van der Waals surface area contributed by atoms with Crippen LogP contribution in [0.3, 0.4) is 0 Å². The summed E-state index contributed by atoms with van der Waals surface area (Å²) >= 11 is 0. The van der Waals surface area contributed by atoms with Crippen molar-refractivity contribution in [2.24, 2.45) is 0 Å². The van der Waals surface area contributed by atoms with E-state index in [1.807, 2.05) is 12.1 Å². The quantitative estimate of drug-likeness (QED) is 0.570. The van der Waals surface area contributed by atoms with E-state index in [1.165, 1.54) is 67.2 Å². The van der Waals surface area contributed by atoms with E-state index >= 15 is 0 Å². The van der Waals surface area contributed by atoms with E-state index in [0.717, 1.165) is 6.42 Å². The number of unbranched alkanes of at least 4 members (excludes halogenated alkanes) is 1. The van der Waals surface area contributed by atoms with Gasteiger partial charge in [0, 0.05) is 35.1 Å². The van der Waals surface area contributed by atoms with Crippen LogP contribution in [0.25, 0.3) is 10.9 Å². The van der Waals surface area contributed by atoms with Crippen LogP contribution in [0.1, 0.15) is 55.0 Å². The van der Waals surface area contributed by atoms with Crippen molar-refractivity contribution >= 4 is 10.9 Å². The normalized spacial score (nSPS) is 22.1. The molecule has 2 aliphatic rings. The van der Waals surface area contributed by atoms with Crippen molar-refractivity contribution in [3.63, 3.8) is 0 Å². The van der Waals surface area contributed by atoms with Gasteiger partial charge in [0.2, 0.25) is 0 Å². The number of aromatic nitrogens is 1. The molecule has 3 heteroatoms. The Kier molecular flexibility index (Phi) is 4.48. The first-order valence-electron chi connectivity index (χ1n) is 10.4. The van der Waals surface area contributed by atoms with E-state index in [9.17, 15) is 4.39 Å². The Hall–Kier alpha value is -2.13.